The van der Waals surface area contributed by atoms with Gasteiger partial charge in [-0.1, -0.05) is 6.92 Å². The van der Waals surface area contributed by atoms with Gasteiger partial charge in [-0.05, 0) is 26.4 Å². The van der Waals surface area contributed by atoms with Crippen molar-refractivity contribution in [1.29, 1.82) is 0 Å². The van der Waals surface area contributed by atoms with E-state index in [1.807, 2.05) is 0 Å². The van der Waals surface area contributed by atoms with E-state index < -0.39 is 0 Å². The molecule has 2 unspecified atom stereocenters. The maximum atomic E-state index is 5.58. The van der Waals surface area contributed by atoms with Gasteiger partial charge in [0.25, 0.3) is 0 Å². The lowest BCUT2D eigenvalue weighted by atomic mass is 10.0. The summed E-state index contributed by atoms with van der Waals surface area (Å²) in [6.45, 7) is 8.14. The molecule has 0 bridgehead atoms. The number of methoxy groups -OCH3 is 1. The normalized spacial score (nSPS) is 24.7. The second-order valence-corrected chi connectivity index (χ2v) is 4.97. The summed E-state index contributed by atoms with van der Waals surface area (Å²) in [5.74, 6) is 0.633. The van der Waals surface area contributed by atoms with E-state index in [1.165, 1.54) is 6.42 Å². The molecule has 0 aliphatic carbocycles. The minimum atomic E-state index is 0.542. The van der Waals surface area contributed by atoms with E-state index >= 15 is 0 Å². The molecular weight excluding hydrogens is 216 g/mol. The molecule has 0 amide bonds. The van der Waals surface area contributed by atoms with Crippen molar-refractivity contribution in [3.63, 3.8) is 0 Å². The van der Waals surface area contributed by atoms with Crippen LogP contribution in [-0.4, -0.2) is 64.6 Å². The molecule has 0 saturated carbocycles. The molecule has 1 aliphatic rings. The Morgan fingerprint density at radius 3 is 2.94 bits per heavy atom. The van der Waals surface area contributed by atoms with Crippen molar-refractivity contribution in [2.24, 2.45) is 5.92 Å². The third-order valence-corrected chi connectivity index (χ3v) is 3.29. The second-order valence-electron chi connectivity index (χ2n) is 4.97. The molecule has 4 nitrogen and oxygen atoms in total. The second kappa shape index (κ2) is 8.86. The van der Waals surface area contributed by atoms with Gasteiger partial charge in [-0.3, -0.25) is 0 Å². The summed E-state index contributed by atoms with van der Waals surface area (Å²) in [5.41, 5.74) is 0. The maximum absolute atomic E-state index is 5.58. The summed E-state index contributed by atoms with van der Waals surface area (Å²) in [6.07, 6.45) is 2.29. The first-order chi connectivity index (χ1) is 8.27. The van der Waals surface area contributed by atoms with Gasteiger partial charge in [0.05, 0.1) is 13.2 Å². The summed E-state index contributed by atoms with van der Waals surface area (Å²) in [7, 11) is 3.94. The maximum Gasteiger partial charge on any atom is 0.0623 e. The molecule has 102 valence electrons. The smallest absolute Gasteiger partial charge is 0.0623 e. The third-order valence-electron chi connectivity index (χ3n) is 3.29. The lowest BCUT2D eigenvalue weighted by Crippen LogP contribution is -2.41. The van der Waals surface area contributed by atoms with Gasteiger partial charge in [-0.2, -0.15) is 0 Å². The van der Waals surface area contributed by atoms with E-state index in [0.29, 0.717) is 12.0 Å². The Hall–Kier alpha value is -0.160. The highest BCUT2D eigenvalue weighted by Gasteiger charge is 2.28. The first-order valence-corrected chi connectivity index (χ1v) is 6.76. The Bertz CT molecular complexity index is 190. The van der Waals surface area contributed by atoms with Gasteiger partial charge in [0.15, 0.2) is 0 Å². The minimum Gasteiger partial charge on any atom is -0.385 e. The number of nitrogens with one attached hydrogen (secondary N) is 1. The lowest BCUT2D eigenvalue weighted by Gasteiger charge is -2.24. The van der Waals surface area contributed by atoms with Gasteiger partial charge in [0, 0.05) is 38.8 Å². The van der Waals surface area contributed by atoms with Crippen LogP contribution in [0.25, 0.3) is 0 Å². The summed E-state index contributed by atoms with van der Waals surface area (Å²) in [6, 6.07) is 0.542. The molecule has 0 spiro atoms. The molecule has 2 atom stereocenters. The third kappa shape index (κ3) is 5.82. The number of rotatable bonds is 9. The van der Waals surface area contributed by atoms with E-state index in [2.05, 4.69) is 24.2 Å². The van der Waals surface area contributed by atoms with Crippen LogP contribution < -0.4 is 5.32 Å². The molecule has 1 aliphatic heterocycles. The van der Waals surface area contributed by atoms with E-state index in [1.54, 1.807) is 7.11 Å². The van der Waals surface area contributed by atoms with Gasteiger partial charge in [0.1, 0.15) is 0 Å². The first-order valence-electron chi connectivity index (χ1n) is 6.76. The van der Waals surface area contributed by atoms with Gasteiger partial charge in [0.2, 0.25) is 0 Å². The quantitative estimate of drug-likeness (QED) is 0.613. The Kier molecular flexibility index (Phi) is 7.77. The zero-order chi connectivity index (χ0) is 12.5. The molecule has 0 aromatic rings. The highest BCUT2D eigenvalue weighted by atomic mass is 16.5. The Morgan fingerprint density at radius 2 is 2.24 bits per heavy atom. The Balaban J connectivity index is 2.19. The van der Waals surface area contributed by atoms with Crippen LogP contribution in [-0.2, 0) is 9.47 Å². The minimum absolute atomic E-state index is 0.542. The van der Waals surface area contributed by atoms with Gasteiger partial charge >= 0.3 is 0 Å². The predicted molar refractivity (Wildman–Crippen MR) is 70.4 cm³/mol. The molecule has 1 N–H and O–H groups in total. The molecule has 1 fully saturated rings. The standard InChI is InChI=1S/C13H28N2O2/c1-4-6-14-13-11-17-10-12(13)9-15(2)7-5-8-16-3/h12-14H,4-11H2,1-3H3. The van der Waals surface area contributed by atoms with Crippen LogP contribution in [0.2, 0.25) is 0 Å². The average Bonchev–Trinajstić information content (AvgIpc) is 2.74. The zero-order valence-corrected chi connectivity index (χ0v) is 11.6. The molecule has 0 aromatic carbocycles. The number of nitrogens with zero attached hydrogens (tertiary/aromatic N) is 1. The Labute approximate surface area is 106 Å². The molecule has 0 aromatic heterocycles. The topological polar surface area (TPSA) is 33.7 Å². The Morgan fingerprint density at radius 1 is 1.41 bits per heavy atom. The van der Waals surface area contributed by atoms with Crippen molar-refractivity contribution in [2.75, 3.05) is 53.6 Å². The average molecular weight is 244 g/mol. The fourth-order valence-corrected chi connectivity index (χ4v) is 2.30. The zero-order valence-electron chi connectivity index (χ0n) is 11.6. The van der Waals surface area contributed by atoms with Gasteiger partial charge < -0.3 is 19.7 Å². The van der Waals surface area contributed by atoms with Crippen LogP contribution >= 0.6 is 0 Å². The van der Waals surface area contributed by atoms with E-state index in [4.69, 9.17) is 9.47 Å². The van der Waals surface area contributed by atoms with Gasteiger partial charge in [-0.15, -0.1) is 0 Å². The molecule has 0 radical (unpaired) electrons. The molecule has 1 heterocycles. The SMILES string of the molecule is CCCNC1COCC1CN(C)CCCOC. The fourth-order valence-electron chi connectivity index (χ4n) is 2.30. The van der Waals surface area contributed by atoms with Crippen LogP contribution in [0.1, 0.15) is 19.8 Å². The summed E-state index contributed by atoms with van der Waals surface area (Å²) >= 11 is 0. The summed E-state index contributed by atoms with van der Waals surface area (Å²) in [5, 5.41) is 3.58. The van der Waals surface area contributed by atoms with Crippen molar-refractivity contribution in [2.45, 2.75) is 25.8 Å². The molecule has 1 rings (SSSR count). The van der Waals surface area contributed by atoms with Crippen molar-refractivity contribution in [3.05, 3.63) is 0 Å². The van der Waals surface area contributed by atoms with Crippen LogP contribution in [0.15, 0.2) is 0 Å². The van der Waals surface area contributed by atoms with E-state index in [-0.39, 0.29) is 0 Å². The van der Waals surface area contributed by atoms with E-state index in [0.717, 1.165) is 45.9 Å². The van der Waals surface area contributed by atoms with E-state index in [9.17, 15) is 0 Å². The molecule has 17 heavy (non-hydrogen) atoms. The molecule has 1 saturated heterocycles. The van der Waals surface area contributed by atoms with Crippen LogP contribution in [0.4, 0.5) is 0 Å². The molecular formula is C13H28N2O2. The predicted octanol–water partition coefficient (Wildman–Crippen LogP) is 0.969. The van der Waals surface area contributed by atoms with Crippen molar-refractivity contribution < 1.29 is 9.47 Å². The monoisotopic (exact) mass is 244 g/mol. The number of hydrogen-bond donors (Lipinski definition) is 1. The van der Waals surface area contributed by atoms with Gasteiger partial charge in [-0.25, -0.2) is 0 Å². The van der Waals surface area contributed by atoms with Crippen molar-refractivity contribution in [3.8, 4) is 0 Å². The number of hydrogen-bond acceptors (Lipinski definition) is 4. The number of ether oxygens (including phenoxy) is 2. The van der Waals surface area contributed by atoms with Crippen molar-refractivity contribution in [1.82, 2.24) is 10.2 Å². The summed E-state index contributed by atoms with van der Waals surface area (Å²) < 4.78 is 10.7. The fraction of sp³-hybridized carbons (Fsp3) is 1.00. The van der Waals surface area contributed by atoms with Crippen LogP contribution in [0, 0.1) is 5.92 Å². The first kappa shape index (κ1) is 14.9. The summed E-state index contributed by atoms with van der Waals surface area (Å²) in [4.78, 5) is 2.39. The van der Waals surface area contributed by atoms with Crippen LogP contribution in [0.3, 0.4) is 0 Å². The highest BCUT2D eigenvalue weighted by Crippen LogP contribution is 2.15. The largest absolute Gasteiger partial charge is 0.385 e. The lowest BCUT2D eigenvalue weighted by molar-refractivity contribution is 0.160. The highest BCUT2D eigenvalue weighted by molar-refractivity contribution is 4.83. The molecule has 4 heteroatoms. The van der Waals surface area contributed by atoms with Crippen molar-refractivity contribution >= 4 is 0 Å². The van der Waals surface area contributed by atoms with Crippen LogP contribution in [0.5, 0.6) is 0 Å².